The summed E-state index contributed by atoms with van der Waals surface area (Å²) in [5.74, 6) is 1.51. The molecule has 2 aromatic rings. The van der Waals surface area contributed by atoms with Crippen LogP contribution in [0.3, 0.4) is 0 Å². The highest BCUT2D eigenvalue weighted by Crippen LogP contribution is 2.47. The minimum Gasteiger partial charge on any atom is -0.508 e. The molecule has 6 heteroatoms. The summed E-state index contributed by atoms with van der Waals surface area (Å²) in [6.45, 7) is 2.88. The first kappa shape index (κ1) is 16.6. The fourth-order valence-corrected chi connectivity index (χ4v) is 5.40. The van der Waals surface area contributed by atoms with E-state index in [1.807, 2.05) is 12.1 Å². The summed E-state index contributed by atoms with van der Waals surface area (Å²) in [7, 11) is 0. The Morgan fingerprint density at radius 3 is 2.67 bits per heavy atom. The van der Waals surface area contributed by atoms with E-state index in [1.54, 1.807) is 24.4 Å². The van der Waals surface area contributed by atoms with Crippen LogP contribution in [0.4, 0.5) is 5.82 Å². The van der Waals surface area contributed by atoms with E-state index in [-0.39, 0.29) is 23.6 Å². The summed E-state index contributed by atoms with van der Waals surface area (Å²) < 4.78 is 0. The van der Waals surface area contributed by atoms with Crippen molar-refractivity contribution in [1.29, 1.82) is 0 Å². The first-order valence-corrected chi connectivity index (χ1v) is 9.67. The van der Waals surface area contributed by atoms with Crippen LogP contribution in [-0.2, 0) is 0 Å². The lowest BCUT2D eigenvalue weighted by atomic mass is 9.75. The minimum atomic E-state index is 0.0360. The highest BCUT2D eigenvalue weighted by atomic mass is 16.3. The third-order valence-corrected chi connectivity index (χ3v) is 6.59. The molecule has 0 spiro atoms. The average Bonchev–Trinajstić information content (AvgIpc) is 3.12. The molecule has 140 valence electrons. The van der Waals surface area contributed by atoms with Gasteiger partial charge in [0.15, 0.2) is 0 Å². The predicted molar refractivity (Wildman–Crippen MR) is 102 cm³/mol. The molecule has 6 nitrogen and oxygen atoms in total. The number of benzene rings is 1. The number of aromatic hydroxyl groups is 1. The van der Waals surface area contributed by atoms with Crippen LogP contribution in [0, 0.1) is 5.92 Å². The van der Waals surface area contributed by atoms with Gasteiger partial charge in [-0.25, -0.2) is 4.98 Å². The summed E-state index contributed by atoms with van der Waals surface area (Å²) in [6, 6.07) is 11.5. The Hall–Kier alpha value is -2.60. The van der Waals surface area contributed by atoms with Crippen molar-refractivity contribution in [2.75, 3.05) is 25.4 Å². The highest BCUT2D eigenvalue weighted by molar-refractivity contribution is 5.94. The van der Waals surface area contributed by atoms with Gasteiger partial charge < -0.3 is 15.7 Å². The van der Waals surface area contributed by atoms with Gasteiger partial charge in [0.25, 0.3) is 5.91 Å². The molecule has 4 aliphatic heterocycles. The van der Waals surface area contributed by atoms with Crippen LogP contribution < -0.4 is 5.73 Å². The molecule has 4 fully saturated rings. The van der Waals surface area contributed by atoms with Gasteiger partial charge in [0.2, 0.25) is 0 Å². The minimum absolute atomic E-state index is 0.0360. The summed E-state index contributed by atoms with van der Waals surface area (Å²) in [6.07, 6.45) is 3.88. The lowest BCUT2D eigenvalue weighted by Crippen LogP contribution is -2.60. The molecule has 0 radical (unpaired) electrons. The zero-order chi connectivity index (χ0) is 18.5. The third kappa shape index (κ3) is 2.67. The van der Waals surface area contributed by atoms with Crippen molar-refractivity contribution in [2.45, 2.75) is 30.8 Å². The molecule has 27 heavy (non-hydrogen) atoms. The molecule has 2 bridgehead atoms. The van der Waals surface area contributed by atoms with Gasteiger partial charge in [-0.15, -0.1) is 0 Å². The Bertz CT molecular complexity index is 861. The lowest BCUT2D eigenvalue weighted by molar-refractivity contribution is -0.00342. The number of phenolic OH excluding ortho intramolecular Hbond substituents is 1. The van der Waals surface area contributed by atoms with Crippen LogP contribution in [0.15, 0.2) is 42.6 Å². The van der Waals surface area contributed by atoms with Crippen LogP contribution in [0.5, 0.6) is 5.75 Å². The number of nitrogen functional groups attached to an aromatic ring is 1. The van der Waals surface area contributed by atoms with E-state index in [2.05, 4.69) is 20.9 Å². The molecule has 4 saturated heterocycles. The van der Waals surface area contributed by atoms with Crippen molar-refractivity contribution in [1.82, 2.24) is 14.8 Å². The second-order valence-electron chi connectivity index (χ2n) is 7.99. The van der Waals surface area contributed by atoms with Gasteiger partial charge in [-0.1, -0.05) is 12.1 Å². The van der Waals surface area contributed by atoms with Gasteiger partial charge in [-0.2, -0.15) is 0 Å². The van der Waals surface area contributed by atoms with Crippen molar-refractivity contribution in [3.63, 3.8) is 0 Å². The van der Waals surface area contributed by atoms with Crippen LogP contribution in [-0.4, -0.2) is 57.5 Å². The van der Waals surface area contributed by atoms with Gasteiger partial charge in [-0.05, 0) is 61.7 Å². The van der Waals surface area contributed by atoms with Gasteiger partial charge in [-0.3, -0.25) is 9.69 Å². The molecule has 0 unspecified atom stereocenters. The number of fused-ring (bicyclic) bond motifs is 2. The number of likely N-dealkylation sites (tertiary alicyclic amines) is 1. The topological polar surface area (TPSA) is 82.7 Å². The Morgan fingerprint density at radius 2 is 1.96 bits per heavy atom. The van der Waals surface area contributed by atoms with Gasteiger partial charge in [0.1, 0.15) is 11.6 Å². The summed E-state index contributed by atoms with van der Waals surface area (Å²) in [5, 5.41) is 9.97. The van der Waals surface area contributed by atoms with Crippen LogP contribution in [0.1, 0.15) is 34.7 Å². The standard InChI is InChI=1S/C21H24N4O2/c22-18-5-4-15(11-23-18)21(27)25-12-17(14-2-1-3-16(26)10-14)20-19(25)13-6-8-24(20)9-7-13/h1-5,10-11,13,17,19-20,26H,6-9,12H2,(H2,22,23)/t17-,19+,20+/m1/s1. The van der Waals surface area contributed by atoms with E-state index in [1.165, 1.54) is 0 Å². The summed E-state index contributed by atoms with van der Waals surface area (Å²) >= 11 is 0. The van der Waals surface area contributed by atoms with E-state index in [4.69, 9.17) is 5.73 Å². The lowest BCUT2D eigenvalue weighted by Gasteiger charge is -2.51. The predicted octanol–water partition coefficient (Wildman–Crippen LogP) is 2.07. The average molecular weight is 364 g/mol. The van der Waals surface area contributed by atoms with Gasteiger partial charge in [0.05, 0.1) is 11.6 Å². The van der Waals surface area contributed by atoms with Crippen molar-refractivity contribution in [3.8, 4) is 5.75 Å². The number of pyridine rings is 1. The first-order valence-electron chi connectivity index (χ1n) is 9.67. The fraction of sp³-hybridized carbons (Fsp3) is 0.429. The zero-order valence-corrected chi connectivity index (χ0v) is 15.2. The van der Waals surface area contributed by atoms with E-state index in [0.29, 0.717) is 29.9 Å². The number of carbonyl (C=O) groups excluding carboxylic acids is 1. The maximum atomic E-state index is 13.3. The number of phenols is 1. The first-order chi connectivity index (χ1) is 13.1. The molecule has 0 aliphatic carbocycles. The molecule has 6 rings (SSSR count). The third-order valence-electron chi connectivity index (χ3n) is 6.59. The number of nitrogens with zero attached hydrogens (tertiary/aromatic N) is 3. The number of rotatable bonds is 2. The number of anilines is 1. The summed E-state index contributed by atoms with van der Waals surface area (Å²) in [4.78, 5) is 22.0. The molecule has 3 atom stereocenters. The van der Waals surface area contributed by atoms with Gasteiger partial charge in [0, 0.05) is 24.7 Å². The molecular formula is C21H24N4O2. The fourth-order valence-electron chi connectivity index (χ4n) is 5.40. The Balaban J connectivity index is 1.52. The molecule has 0 saturated carbocycles. The largest absolute Gasteiger partial charge is 0.508 e. The molecule has 1 amide bonds. The Morgan fingerprint density at radius 1 is 1.15 bits per heavy atom. The molecule has 3 N–H and O–H groups in total. The van der Waals surface area contributed by atoms with Crippen LogP contribution >= 0.6 is 0 Å². The molecule has 5 heterocycles. The van der Waals surface area contributed by atoms with E-state index < -0.39 is 0 Å². The highest BCUT2D eigenvalue weighted by Gasteiger charge is 2.54. The number of hydrogen-bond acceptors (Lipinski definition) is 5. The molecule has 1 aromatic heterocycles. The maximum Gasteiger partial charge on any atom is 0.255 e. The quantitative estimate of drug-likeness (QED) is 0.852. The Labute approximate surface area is 158 Å². The number of amides is 1. The van der Waals surface area contributed by atoms with E-state index in [9.17, 15) is 9.90 Å². The van der Waals surface area contributed by atoms with Crippen molar-refractivity contribution >= 4 is 11.7 Å². The zero-order valence-electron chi connectivity index (χ0n) is 15.2. The summed E-state index contributed by atoms with van der Waals surface area (Å²) in [5.41, 5.74) is 7.39. The van der Waals surface area contributed by atoms with Gasteiger partial charge >= 0.3 is 0 Å². The number of hydrogen-bond donors (Lipinski definition) is 2. The maximum absolute atomic E-state index is 13.3. The normalized spacial score (nSPS) is 31.7. The monoisotopic (exact) mass is 364 g/mol. The van der Waals surface area contributed by atoms with E-state index >= 15 is 0 Å². The van der Waals surface area contributed by atoms with E-state index in [0.717, 1.165) is 31.5 Å². The molecule has 1 aromatic carbocycles. The smallest absolute Gasteiger partial charge is 0.255 e. The SMILES string of the molecule is Nc1ccc(C(=O)N2C[C@H](c3cccc(O)c3)[C@H]3[C@@H]2C2CCN3CC2)cn1. The number of aromatic nitrogens is 1. The molecule has 4 aliphatic rings. The second-order valence-corrected chi connectivity index (χ2v) is 7.99. The van der Waals surface area contributed by atoms with Crippen molar-refractivity contribution in [3.05, 3.63) is 53.7 Å². The number of piperidine rings is 3. The van der Waals surface area contributed by atoms with Crippen LogP contribution in [0.2, 0.25) is 0 Å². The van der Waals surface area contributed by atoms with Crippen molar-refractivity contribution in [2.24, 2.45) is 5.92 Å². The number of carbonyl (C=O) groups is 1. The van der Waals surface area contributed by atoms with Crippen molar-refractivity contribution < 1.29 is 9.90 Å². The number of nitrogens with two attached hydrogens (primary N) is 1. The molecular weight excluding hydrogens is 340 g/mol. The second kappa shape index (κ2) is 6.23. The Kier molecular flexibility index (Phi) is 3.82. The van der Waals surface area contributed by atoms with Crippen LogP contribution in [0.25, 0.3) is 0 Å².